The standard InChI is InChI=1S/C12H14ClN3O2/c1-8-12(13)9(2)16(15-8)7-11(17)14-6-10-4-3-5-18-10/h3-5H,6-7H2,1-2H3,(H,14,17). The van der Waals surface area contributed by atoms with Gasteiger partial charge in [-0.15, -0.1) is 0 Å². The highest BCUT2D eigenvalue weighted by Gasteiger charge is 2.12. The van der Waals surface area contributed by atoms with Crippen molar-refractivity contribution in [2.75, 3.05) is 0 Å². The van der Waals surface area contributed by atoms with E-state index in [1.165, 1.54) is 0 Å². The molecule has 0 saturated carbocycles. The minimum Gasteiger partial charge on any atom is -0.467 e. The van der Waals surface area contributed by atoms with E-state index in [-0.39, 0.29) is 12.5 Å². The van der Waals surface area contributed by atoms with Gasteiger partial charge >= 0.3 is 0 Å². The van der Waals surface area contributed by atoms with Crippen LogP contribution >= 0.6 is 11.6 Å². The molecule has 0 aliphatic heterocycles. The minimum atomic E-state index is -0.131. The summed E-state index contributed by atoms with van der Waals surface area (Å²) in [6, 6.07) is 3.59. The van der Waals surface area contributed by atoms with Crippen LogP contribution in [0.4, 0.5) is 0 Å². The molecule has 0 radical (unpaired) electrons. The molecule has 2 rings (SSSR count). The SMILES string of the molecule is Cc1nn(CC(=O)NCc2ccco2)c(C)c1Cl. The first kappa shape index (κ1) is 12.7. The first-order chi connectivity index (χ1) is 8.58. The molecule has 18 heavy (non-hydrogen) atoms. The van der Waals surface area contributed by atoms with Crippen molar-refractivity contribution in [3.63, 3.8) is 0 Å². The van der Waals surface area contributed by atoms with Crippen LogP contribution in [0.5, 0.6) is 0 Å². The van der Waals surface area contributed by atoms with Crippen molar-refractivity contribution in [3.8, 4) is 0 Å². The summed E-state index contributed by atoms with van der Waals surface area (Å²) in [5.41, 5.74) is 1.52. The maximum Gasteiger partial charge on any atom is 0.242 e. The molecule has 0 spiro atoms. The van der Waals surface area contributed by atoms with Gasteiger partial charge in [-0.05, 0) is 26.0 Å². The molecule has 2 aromatic heterocycles. The van der Waals surface area contributed by atoms with E-state index in [2.05, 4.69) is 10.4 Å². The van der Waals surface area contributed by atoms with Crippen molar-refractivity contribution >= 4 is 17.5 Å². The predicted octanol–water partition coefficient (Wildman–Crippen LogP) is 2.06. The summed E-state index contributed by atoms with van der Waals surface area (Å²) in [5, 5.41) is 7.55. The number of furan rings is 1. The van der Waals surface area contributed by atoms with Gasteiger partial charge in [0.2, 0.25) is 5.91 Å². The van der Waals surface area contributed by atoms with Crippen LogP contribution in [0.15, 0.2) is 22.8 Å². The zero-order chi connectivity index (χ0) is 13.1. The number of halogens is 1. The van der Waals surface area contributed by atoms with Gasteiger partial charge in [-0.25, -0.2) is 0 Å². The molecule has 0 bridgehead atoms. The molecule has 6 heteroatoms. The third-order valence-electron chi connectivity index (χ3n) is 2.63. The minimum absolute atomic E-state index is 0.131. The van der Waals surface area contributed by atoms with Gasteiger partial charge in [0.1, 0.15) is 12.3 Å². The Morgan fingerprint density at radius 1 is 1.56 bits per heavy atom. The van der Waals surface area contributed by atoms with Crippen LogP contribution < -0.4 is 5.32 Å². The van der Waals surface area contributed by atoms with E-state index in [1.807, 2.05) is 13.8 Å². The van der Waals surface area contributed by atoms with Crippen molar-refractivity contribution in [2.45, 2.75) is 26.9 Å². The zero-order valence-corrected chi connectivity index (χ0v) is 11.0. The van der Waals surface area contributed by atoms with Crippen molar-refractivity contribution in [3.05, 3.63) is 40.6 Å². The largest absolute Gasteiger partial charge is 0.467 e. The van der Waals surface area contributed by atoms with Crippen LogP contribution in [0.3, 0.4) is 0 Å². The second-order valence-electron chi connectivity index (χ2n) is 4.00. The Hall–Kier alpha value is -1.75. The predicted molar refractivity (Wildman–Crippen MR) is 67.3 cm³/mol. The number of aromatic nitrogens is 2. The smallest absolute Gasteiger partial charge is 0.242 e. The van der Waals surface area contributed by atoms with Crippen molar-refractivity contribution in [2.24, 2.45) is 0 Å². The van der Waals surface area contributed by atoms with E-state index < -0.39 is 0 Å². The average Bonchev–Trinajstić information content (AvgIpc) is 2.93. The zero-order valence-electron chi connectivity index (χ0n) is 10.2. The quantitative estimate of drug-likeness (QED) is 0.922. The molecule has 0 atom stereocenters. The molecule has 5 nitrogen and oxygen atoms in total. The van der Waals surface area contributed by atoms with Gasteiger partial charge in [0.15, 0.2) is 0 Å². The molecule has 0 fully saturated rings. The molecule has 0 aromatic carbocycles. The highest BCUT2D eigenvalue weighted by atomic mass is 35.5. The molecule has 1 N–H and O–H groups in total. The van der Waals surface area contributed by atoms with E-state index in [4.69, 9.17) is 16.0 Å². The molecular formula is C12H14ClN3O2. The Morgan fingerprint density at radius 2 is 2.33 bits per heavy atom. The lowest BCUT2D eigenvalue weighted by atomic mass is 10.4. The van der Waals surface area contributed by atoms with E-state index >= 15 is 0 Å². The van der Waals surface area contributed by atoms with Crippen molar-refractivity contribution in [1.82, 2.24) is 15.1 Å². The number of hydrogen-bond acceptors (Lipinski definition) is 3. The van der Waals surface area contributed by atoms with E-state index in [9.17, 15) is 4.79 Å². The summed E-state index contributed by atoms with van der Waals surface area (Å²) >= 11 is 6.01. The van der Waals surface area contributed by atoms with Gasteiger partial charge in [-0.3, -0.25) is 9.48 Å². The Kier molecular flexibility index (Phi) is 3.72. The summed E-state index contributed by atoms with van der Waals surface area (Å²) in [6.07, 6.45) is 1.57. The number of rotatable bonds is 4. The first-order valence-electron chi connectivity index (χ1n) is 5.56. The second kappa shape index (κ2) is 5.27. The van der Waals surface area contributed by atoms with Gasteiger partial charge in [-0.2, -0.15) is 5.10 Å². The van der Waals surface area contributed by atoms with Crippen LogP contribution in [-0.4, -0.2) is 15.7 Å². The Balaban J connectivity index is 1.93. The molecule has 0 unspecified atom stereocenters. The summed E-state index contributed by atoms with van der Waals surface area (Å²) in [4.78, 5) is 11.7. The highest BCUT2D eigenvalue weighted by molar-refractivity contribution is 6.31. The molecule has 96 valence electrons. The number of nitrogens with one attached hydrogen (secondary N) is 1. The van der Waals surface area contributed by atoms with Crippen LogP contribution in [0.25, 0.3) is 0 Å². The Bertz CT molecular complexity index is 546. The summed E-state index contributed by atoms with van der Waals surface area (Å²) < 4.78 is 6.72. The van der Waals surface area contributed by atoms with Crippen LogP contribution in [0, 0.1) is 13.8 Å². The third kappa shape index (κ3) is 2.73. The summed E-state index contributed by atoms with van der Waals surface area (Å²) in [7, 11) is 0. The van der Waals surface area contributed by atoms with Crippen molar-refractivity contribution < 1.29 is 9.21 Å². The number of aryl methyl sites for hydroxylation is 1. The van der Waals surface area contributed by atoms with Gasteiger partial charge < -0.3 is 9.73 Å². The fourth-order valence-electron chi connectivity index (χ4n) is 1.62. The second-order valence-corrected chi connectivity index (χ2v) is 4.38. The van der Waals surface area contributed by atoms with Crippen LogP contribution in [-0.2, 0) is 17.9 Å². The van der Waals surface area contributed by atoms with Gasteiger partial charge in [-0.1, -0.05) is 11.6 Å². The highest BCUT2D eigenvalue weighted by Crippen LogP contribution is 2.18. The molecule has 0 saturated heterocycles. The molecular weight excluding hydrogens is 254 g/mol. The molecule has 2 heterocycles. The van der Waals surface area contributed by atoms with Crippen LogP contribution in [0.2, 0.25) is 5.02 Å². The van der Waals surface area contributed by atoms with E-state index in [0.29, 0.717) is 11.6 Å². The maximum absolute atomic E-state index is 11.7. The van der Waals surface area contributed by atoms with Gasteiger partial charge in [0, 0.05) is 0 Å². The number of amides is 1. The number of carbonyl (C=O) groups excluding carboxylic acids is 1. The molecule has 0 aliphatic carbocycles. The van der Waals surface area contributed by atoms with Gasteiger partial charge in [0.05, 0.1) is 29.2 Å². The third-order valence-corrected chi connectivity index (χ3v) is 3.17. The summed E-state index contributed by atoms with van der Waals surface area (Å²) in [5.74, 6) is 0.586. The average molecular weight is 268 g/mol. The molecule has 1 amide bonds. The summed E-state index contributed by atoms with van der Waals surface area (Å²) in [6.45, 7) is 4.17. The number of carbonyl (C=O) groups is 1. The number of nitrogens with zero attached hydrogens (tertiary/aromatic N) is 2. The topological polar surface area (TPSA) is 60.1 Å². The molecule has 2 aromatic rings. The van der Waals surface area contributed by atoms with E-state index in [1.54, 1.807) is 23.1 Å². The maximum atomic E-state index is 11.7. The fraction of sp³-hybridized carbons (Fsp3) is 0.333. The lowest BCUT2D eigenvalue weighted by Crippen LogP contribution is -2.27. The van der Waals surface area contributed by atoms with Crippen LogP contribution in [0.1, 0.15) is 17.1 Å². The van der Waals surface area contributed by atoms with E-state index in [0.717, 1.165) is 17.1 Å². The number of hydrogen-bond donors (Lipinski definition) is 1. The fourth-order valence-corrected chi connectivity index (χ4v) is 1.76. The Morgan fingerprint density at radius 3 is 2.89 bits per heavy atom. The lowest BCUT2D eigenvalue weighted by molar-refractivity contribution is -0.122. The normalized spacial score (nSPS) is 10.6. The van der Waals surface area contributed by atoms with Gasteiger partial charge in [0.25, 0.3) is 0 Å². The monoisotopic (exact) mass is 267 g/mol. The van der Waals surface area contributed by atoms with Crippen molar-refractivity contribution in [1.29, 1.82) is 0 Å². The lowest BCUT2D eigenvalue weighted by Gasteiger charge is -2.05. The first-order valence-corrected chi connectivity index (χ1v) is 5.94. The molecule has 0 aliphatic rings. The Labute approximate surface area is 110 Å².